The lowest BCUT2D eigenvalue weighted by Gasteiger charge is -2.32. The number of nitrogens with zero attached hydrogens (tertiary/aromatic N) is 1. The minimum Gasteiger partial charge on any atom is -0.494 e. The van der Waals surface area contributed by atoms with E-state index in [4.69, 9.17) is 4.74 Å². The first kappa shape index (κ1) is 19.4. The maximum Gasteiger partial charge on any atom is 0.224 e. The average molecular weight is 367 g/mol. The van der Waals surface area contributed by atoms with Crippen LogP contribution in [0.3, 0.4) is 0 Å². The van der Waals surface area contributed by atoms with Crippen molar-refractivity contribution in [3.05, 3.63) is 65.7 Å². The third-order valence-electron chi connectivity index (χ3n) is 5.14. The second-order valence-corrected chi connectivity index (χ2v) is 7.26. The molecule has 1 heterocycles. The summed E-state index contributed by atoms with van der Waals surface area (Å²) in [4.78, 5) is 14.7. The van der Waals surface area contributed by atoms with Gasteiger partial charge in [0.1, 0.15) is 5.75 Å². The Labute approximate surface area is 162 Å². The highest BCUT2D eigenvalue weighted by Crippen LogP contribution is 2.18. The molecule has 1 saturated heterocycles. The van der Waals surface area contributed by atoms with Crippen LogP contribution in [0.1, 0.15) is 30.9 Å². The number of hydrogen-bond acceptors (Lipinski definition) is 3. The van der Waals surface area contributed by atoms with Gasteiger partial charge in [-0.15, -0.1) is 0 Å². The van der Waals surface area contributed by atoms with Crippen molar-refractivity contribution >= 4 is 5.91 Å². The number of nitrogens with one attached hydrogen (secondary N) is 1. The Hall–Kier alpha value is -2.33. The lowest BCUT2D eigenvalue weighted by Crippen LogP contribution is -2.38. The molecule has 0 atom stereocenters. The zero-order chi connectivity index (χ0) is 18.9. The Morgan fingerprint density at radius 2 is 1.74 bits per heavy atom. The number of carbonyl (C=O) groups is 1. The van der Waals surface area contributed by atoms with Gasteiger partial charge < -0.3 is 10.1 Å². The summed E-state index contributed by atoms with van der Waals surface area (Å²) in [6.07, 6.45) is 2.73. The molecule has 0 spiro atoms. The molecule has 4 nitrogen and oxygen atoms in total. The fourth-order valence-corrected chi connectivity index (χ4v) is 3.57. The number of amides is 1. The van der Waals surface area contributed by atoms with E-state index in [0.29, 0.717) is 18.9 Å². The molecule has 1 aliphatic heterocycles. The van der Waals surface area contributed by atoms with Gasteiger partial charge >= 0.3 is 0 Å². The highest BCUT2D eigenvalue weighted by Gasteiger charge is 2.19. The molecule has 1 aliphatic rings. The quantitative estimate of drug-likeness (QED) is 0.775. The van der Waals surface area contributed by atoms with E-state index in [1.54, 1.807) is 0 Å². The van der Waals surface area contributed by atoms with E-state index >= 15 is 0 Å². The molecule has 0 radical (unpaired) electrons. The van der Waals surface area contributed by atoms with Gasteiger partial charge in [-0.25, -0.2) is 0 Å². The van der Waals surface area contributed by atoms with Crippen LogP contribution in [-0.4, -0.2) is 37.0 Å². The van der Waals surface area contributed by atoms with Crippen LogP contribution in [-0.2, 0) is 17.8 Å². The van der Waals surface area contributed by atoms with Crippen molar-refractivity contribution in [3.63, 3.8) is 0 Å². The first-order valence-corrected chi connectivity index (χ1v) is 9.97. The van der Waals surface area contributed by atoms with Crippen LogP contribution in [0.15, 0.2) is 54.6 Å². The Morgan fingerprint density at radius 1 is 1.04 bits per heavy atom. The predicted octanol–water partition coefficient (Wildman–Crippen LogP) is 3.66. The molecule has 0 aliphatic carbocycles. The fraction of sp³-hybridized carbons (Fsp3) is 0.435. The van der Waals surface area contributed by atoms with Crippen molar-refractivity contribution in [1.82, 2.24) is 10.2 Å². The van der Waals surface area contributed by atoms with E-state index in [0.717, 1.165) is 50.3 Å². The largest absolute Gasteiger partial charge is 0.494 e. The van der Waals surface area contributed by atoms with E-state index in [1.165, 1.54) is 5.56 Å². The molecule has 0 unspecified atom stereocenters. The molecule has 2 aromatic carbocycles. The third-order valence-corrected chi connectivity index (χ3v) is 5.14. The predicted molar refractivity (Wildman–Crippen MR) is 109 cm³/mol. The number of ether oxygens (including phenoxy) is 1. The summed E-state index contributed by atoms with van der Waals surface area (Å²) < 4.78 is 5.43. The summed E-state index contributed by atoms with van der Waals surface area (Å²) in [5.74, 6) is 1.54. The normalized spacial score (nSPS) is 15.4. The van der Waals surface area contributed by atoms with E-state index in [-0.39, 0.29) is 5.91 Å². The number of piperidine rings is 1. The molecule has 144 valence electrons. The maximum atomic E-state index is 12.2. The van der Waals surface area contributed by atoms with Crippen LogP contribution in [0, 0.1) is 5.92 Å². The van der Waals surface area contributed by atoms with E-state index in [9.17, 15) is 4.79 Å². The van der Waals surface area contributed by atoms with Gasteiger partial charge in [0.15, 0.2) is 0 Å². The van der Waals surface area contributed by atoms with Crippen LogP contribution < -0.4 is 10.1 Å². The summed E-state index contributed by atoms with van der Waals surface area (Å²) in [7, 11) is 0. The van der Waals surface area contributed by atoms with Crippen molar-refractivity contribution < 1.29 is 9.53 Å². The summed E-state index contributed by atoms with van der Waals surface area (Å²) >= 11 is 0. The maximum absolute atomic E-state index is 12.2. The van der Waals surface area contributed by atoms with Crippen molar-refractivity contribution in [2.24, 2.45) is 5.92 Å². The van der Waals surface area contributed by atoms with Crippen LogP contribution in [0.5, 0.6) is 5.75 Å². The first-order chi connectivity index (χ1) is 13.2. The van der Waals surface area contributed by atoms with Crippen molar-refractivity contribution in [2.75, 3.05) is 26.2 Å². The average Bonchev–Trinajstić information content (AvgIpc) is 2.70. The molecule has 1 amide bonds. The molecule has 0 bridgehead atoms. The molecular formula is C23H30N2O2. The fourth-order valence-electron chi connectivity index (χ4n) is 3.57. The van der Waals surface area contributed by atoms with Crippen LogP contribution in [0.4, 0.5) is 0 Å². The van der Waals surface area contributed by atoms with Crippen molar-refractivity contribution in [2.45, 2.75) is 32.7 Å². The lowest BCUT2D eigenvalue weighted by atomic mass is 9.96. The standard InChI is InChI=1S/C23H30N2O2/c1-2-27-22-10-8-19(9-11-22)16-23(26)24-17-20-12-14-25(15-13-20)18-21-6-4-3-5-7-21/h3-11,20H,2,12-18H2,1H3,(H,24,26). The van der Waals surface area contributed by atoms with Crippen LogP contribution in [0.25, 0.3) is 0 Å². The number of carbonyl (C=O) groups excluding carboxylic acids is 1. The number of hydrogen-bond donors (Lipinski definition) is 1. The molecular weight excluding hydrogens is 336 g/mol. The number of benzene rings is 2. The van der Waals surface area contributed by atoms with Gasteiger partial charge in [-0.1, -0.05) is 42.5 Å². The zero-order valence-corrected chi connectivity index (χ0v) is 16.2. The topological polar surface area (TPSA) is 41.6 Å². The van der Waals surface area contributed by atoms with Gasteiger partial charge in [-0.2, -0.15) is 0 Å². The van der Waals surface area contributed by atoms with Crippen molar-refractivity contribution in [3.8, 4) is 5.75 Å². The lowest BCUT2D eigenvalue weighted by molar-refractivity contribution is -0.120. The molecule has 0 aromatic heterocycles. The SMILES string of the molecule is CCOc1ccc(CC(=O)NCC2CCN(Cc3ccccc3)CC2)cc1. The Morgan fingerprint density at radius 3 is 2.41 bits per heavy atom. The molecule has 3 rings (SSSR count). The minimum absolute atomic E-state index is 0.103. The van der Waals surface area contributed by atoms with E-state index < -0.39 is 0 Å². The first-order valence-electron chi connectivity index (χ1n) is 9.97. The second-order valence-electron chi connectivity index (χ2n) is 7.26. The third kappa shape index (κ3) is 6.40. The molecule has 27 heavy (non-hydrogen) atoms. The van der Waals surface area contributed by atoms with Crippen molar-refractivity contribution in [1.29, 1.82) is 0 Å². The van der Waals surface area contributed by atoms with Gasteiger partial charge in [0.05, 0.1) is 13.0 Å². The van der Waals surface area contributed by atoms with Gasteiger partial charge in [0, 0.05) is 13.1 Å². The Balaban J connectivity index is 1.35. The Bertz CT molecular complexity index is 692. The number of likely N-dealkylation sites (tertiary alicyclic amines) is 1. The summed E-state index contributed by atoms with van der Waals surface area (Å²) in [6.45, 7) is 6.65. The highest BCUT2D eigenvalue weighted by molar-refractivity contribution is 5.78. The number of rotatable bonds is 8. The molecule has 1 fully saturated rings. The molecule has 2 aromatic rings. The van der Waals surface area contributed by atoms with Crippen LogP contribution >= 0.6 is 0 Å². The van der Waals surface area contributed by atoms with Gasteiger partial charge in [-0.3, -0.25) is 9.69 Å². The Kier molecular flexibility index (Phi) is 7.28. The van der Waals surface area contributed by atoms with Gasteiger partial charge in [0.2, 0.25) is 5.91 Å². The minimum atomic E-state index is 0.103. The zero-order valence-electron chi connectivity index (χ0n) is 16.2. The smallest absolute Gasteiger partial charge is 0.224 e. The van der Waals surface area contributed by atoms with Gasteiger partial charge in [0.25, 0.3) is 0 Å². The monoisotopic (exact) mass is 366 g/mol. The van der Waals surface area contributed by atoms with E-state index in [2.05, 4.69) is 40.5 Å². The summed E-state index contributed by atoms with van der Waals surface area (Å²) in [6, 6.07) is 18.4. The summed E-state index contributed by atoms with van der Waals surface area (Å²) in [5, 5.41) is 3.12. The highest BCUT2D eigenvalue weighted by atomic mass is 16.5. The van der Waals surface area contributed by atoms with Crippen LogP contribution in [0.2, 0.25) is 0 Å². The van der Waals surface area contributed by atoms with E-state index in [1.807, 2.05) is 31.2 Å². The summed E-state index contributed by atoms with van der Waals surface area (Å²) in [5.41, 5.74) is 2.40. The molecule has 0 saturated carbocycles. The second kappa shape index (κ2) is 10.1. The molecule has 1 N–H and O–H groups in total. The van der Waals surface area contributed by atoms with Gasteiger partial charge in [-0.05, 0) is 62.0 Å². The molecule has 4 heteroatoms.